The zero-order chi connectivity index (χ0) is 24.2. The standard InChI is InChI=1S/C25H28BrN5O3/c1-16(2)23(31-12-11-28-29-31)25(34)30-15-19(32)13-22(30)24(33)27-14-17-7-9-18(10-8-17)20-5-3-4-6-21(20)26/h3-12,16,19,22-23,32H,13-15H2,1-2H3,(H,27,33)/t19-,22+,23+/m1/s1. The summed E-state index contributed by atoms with van der Waals surface area (Å²) in [5, 5.41) is 21.0. The van der Waals surface area contributed by atoms with Crippen LogP contribution in [-0.4, -0.2) is 55.5 Å². The molecule has 1 aliphatic rings. The van der Waals surface area contributed by atoms with Gasteiger partial charge >= 0.3 is 0 Å². The van der Waals surface area contributed by atoms with Crippen molar-refractivity contribution in [2.24, 2.45) is 5.92 Å². The van der Waals surface area contributed by atoms with Crippen molar-refractivity contribution in [1.82, 2.24) is 25.2 Å². The molecule has 1 saturated heterocycles. The zero-order valence-corrected chi connectivity index (χ0v) is 20.7. The highest BCUT2D eigenvalue weighted by Crippen LogP contribution is 2.28. The topological polar surface area (TPSA) is 100 Å². The van der Waals surface area contributed by atoms with Crippen molar-refractivity contribution in [3.05, 3.63) is 71.0 Å². The van der Waals surface area contributed by atoms with E-state index in [-0.39, 0.29) is 30.7 Å². The molecule has 0 radical (unpaired) electrons. The van der Waals surface area contributed by atoms with Crippen LogP contribution in [0.5, 0.6) is 0 Å². The van der Waals surface area contributed by atoms with E-state index in [1.807, 2.05) is 62.4 Å². The third kappa shape index (κ3) is 5.20. The predicted octanol–water partition coefficient (Wildman–Crippen LogP) is 3.18. The second-order valence-electron chi connectivity index (χ2n) is 8.86. The Bertz CT molecular complexity index is 1130. The Kier molecular flexibility index (Phi) is 7.43. The number of aliphatic hydroxyl groups excluding tert-OH is 1. The van der Waals surface area contributed by atoms with Crippen LogP contribution >= 0.6 is 15.9 Å². The smallest absolute Gasteiger partial charge is 0.248 e. The summed E-state index contributed by atoms with van der Waals surface area (Å²) in [5.74, 6) is -0.574. The van der Waals surface area contributed by atoms with E-state index >= 15 is 0 Å². The van der Waals surface area contributed by atoms with Crippen molar-refractivity contribution < 1.29 is 14.7 Å². The number of aliphatic hydroxyl groups is 1. The molecule has 1 aromatic heterocycles. The Morgan fingerprint density at radius 3 is 2.56 bits per heavy atom. The first-order chi connectivity index (χ1) is 16.3. The summed E-state index contributed by atoms with van der Waals surface area (Å²) in [5.41, 5.74) is 3.12. The van der Waals surface area contributed by atoms with Gasteiger partial charge in [0.1, 0.15) is 12.1 Å². The van der Waals surface area contributed by atoms with Gasteiger partial charge in [0.15, 0.2) is 0 Å². The van der Waals surface area contributed by atoms with Gasteiger partial charge in [-0.05, 0) is 28.7 Å². The number of likely N-dealkylation sites (tertiary alicyclic amines) is 1. The summed E-state index contributed by atoms with van der Waals surface area (Å²) in [7, 11) is 0. The summed E-state index contributed by atoms with van der Waals surface area (Å²) in [6, 6.07) is 14.7. The molecule has 178 valence electrons. The zero-order valence-electron chi connectivity index (χ0n) is 19.1. The van der Waals surface area contributed by atoms with Crippen LogP contribution in [0.4, 0.5) is 0 Å². The SMILES string of the molecule is CC(C)[C@@H](C(=O)N1C[C@H](O)C[C@H]1C(=O)NCc1ccc(-c2ccccc2Br)cc1)n1ccnn1. The van der Waals surface area contributed by atoms with Crippen molar-refractivity contribution >= 4 is 27.7 Å². The van der Waals surface area contributed by atoms with Crippen LogP contribution in [-0.2, 0) is 16.1 Å². The molecule has 0 saturated carbocycles. The second kappa shape index (κ2) is 10.5. The molecule has 0 bridgehead atoms. The molecule has 0 unspecified atom stereocenters. The number of aromatic nitrogens is 3. The first-order valence-electron chi connectivity index (χ1n) is 11.3. The van der Waals surface area contributed by atoms with E-state index in [1.165, 1.54) is 15.8 Å². The number of carbonyl (C=O) groups excluding carboxylic acids is 2. The number of nitrogens with one attached hydrogen (secondary N) is 1. The average molecular weight is 526 g/mol. The maximum absolute atomic E-state index is 13.4. The van der Waals surface area contributed by atoms with Gasteiger partial charge in [-0.25, -0.2) is 4.68 Å². The third-order valence-corrected chi connectivity index (χ3v) is 6.77. The second-order valence-corrected chi connectivity index (χ2v) is 9.72. The lowest BCUT2D eigenvalue weighted by atomic mass is 10.0. The van der Waals surface area contributed by atoms with Crippen LogP contribution in [0.2, 0.25) is 0 Å². The Morgan fingerprint density at radius 1 is 1.18 bits per heavy atom. The fourth-order valence-electron chi connectivity index (χ4n) is 4.35. The fourth-order valence-corrected chi connectivity index (χ4v) is 4.86. The summed E-state index contributed by atoms with van der Waals surface area (Å²) < 4.78 is 2.53. The highest BCUT2D eigenvalue weighted by atomic mass is 79.9. The summed E-state index contributed by atoms with van der Waals surface area (Å²) in [6.07, 6.45) is 2.63. The number of nitrogens with zero attached hydrogens (tertiary/aromatic N) is 4. The molecule has 0 aliphatic carbocycles. The number of carbonyl (C=O) groups is 2. The highest BCUT2D eigenvalue weighted by Gasteiger charge is 2.42. The van der Waals surface area contributed by atoms with E-state index in [0.717, 1.165) is 21.2 Å². The number of β-amino-alcohol motifs (C(OH)–C–C–N with tert-alkyl or cyclic N) is 1. The molecule has 2 aromatic carbocycles. The minimum Gasteiger partial charge on any atom is -0.391 e. The molecule has 34 heavy (non-hydrogen) atoms. The number of benzene rings is 2. The van der Waals surface area contributed by atoms with E-state index in [4.69, 9.17) is 0 Å². The van der Waals surface area contributed by atoms with Crippen LogP contribution in [0.3, 0.4) is 0 Å². The number of hydrogen-bond acceptors (Lipinski definition) is 5. The van der Waals surface area contributed by atoms with Crippen LogP contribution in [0.1, 0.15) is 31.9 Å². The quantitative estimate of drug-likeness (QED) is 0.493. The summed E-state index contributed by atoms with van der Waals surface area (Å²) in [6.45, 7) is 4.29. The van der Waals surface area contributed by atoms with Gasteiger partial charge in [-0.15, -0.1) is 5.10 Å². The van der Waals surface area contributed by atoms with Gasteiger partial charge in [-0.1, -0.05) is 77.5 Å². The molecule has 2 amide bonds. The molecule has 3 aromatic rings. The Morgan fingerprint density at radius 2 is 1.91 bits per heavy atom. The monoisotopic (exact) mass is 525 g/mol. The molecule has 2 N–H and O–H groups in total. The van der Waals surface area contributed by atoms with Gasteiger partial charge in [-0.2, -0.15) is 0 Å². The lowest BCUT2D eigenvalue weighted by molar-refractivity contribution is -0.142. The van der Waals surface area contributed by atoms with E-state index in [9.17, 15) is 14.7 Å². The van der Waals surface area contributed by atoms with Crippen molar-refractivity contribution in [2.45, 2.75) is 45.0 Å². The number of hydrogen-bond donors (Lipinski definition) is 2. The molecule has 9 heteroatoms. The lowest BCUT2D eigenvalue weighted by Gasteiger charge is -2.29. The van der Waals surface area contributed by atoms with Gasteiger partial charge < -0.3 is 15.3 Å². The van der Waals surface area contributed by atoms with Gasteiger partial charge in [-0.3, -0.25) is 9.59 Å². The molecule has 4 rings (SSSR count). The van der Waals surface area contributed by atoms with E-state index in [1.54, 1.807) is 6.20 Å². The largest absolute Gasteiger partial charge is 0.391 e. The number of amides is 2. The normalized spacial score (nSPS) is 18.8. The van der Waals surface area contributed by atoms with Crippen LogP contribution in [0.25, 0.3) is 11.1 Å². The van der Waals surface area contributed by atoms with Crippen molar-refractivity contribution in [1.29, 1.82) is 0 Å². The third-order valence-electron chi connectivity index (χ3n) is 6.08. The molecule has 2 heterocycles. The minimum absolute atomic E-state index is 0.0566. The maximum Gasteiger partial charge on any atom is 0.248 e. The fraction of sp³-hybridized carbons (Fsp3) is 0.360. The van der Waals surface area contributed by atoms with E-state index in [0.29, 0.717) is 6.54 Å². The van der Waals surface area contributed by atoms with Gasteiger partial charge in [0.25, 0.3) is 0 Å². The Balaban J connectivity index is 1.42. The predicted molar refractivity (Wildman–Crippen MR) is 131 cm³/mol. The summed E-state index contributed by atoms with van der Waals surface area (Å²) in [4.78, 5) is 27.9. The van der Waals surface area contributed by atoms with Crippen LogP contribution < -0.4 is 5.32 Å². The first kappa shape index (κ1) is 24.1. The van der Waals surface area contributed by atoms with Gasteiger partial charge in [0.2, 0.25) is 11.8 Å². The van der Waals surface area contributed by atoms with Crippen LogP contribution in [0, 0.1) is 5.92 Å². The molecular weight excluding hydrogens is 498 g/mol. The van der Waals surface area contributed by atoms with E-state index in [2.05, 4.69) is 31.6 Å². The minimum atomic E-state index is -0.744. The summed E-state index contributed by atoms with van der Waals surface area (Å²) >= 11 is 3.57. The van der Waals surface area contributed by atoms with Crippen molar-refractivity contribution in [3.63, 3.8) is 0 Å². The Hall–Kier alpha value is -3.04. The van der Waals surface area contributed by atoms with Crippen molar-refractivity contribution in [3.8, 4) is 11.1 Å². The van der Waals surface area contributed by atoms with Crippen LogP contribution in [0.15, 0.2) is 65.4 Å². The average Bonchev–Trinajstić information content (AvgIpc) is 3.48. The molecule has 3 atom stereocenters. The molecule has 0 spiro atoms. The first-order valence-corrected chi connectivity index (χ1v) is 12.1. The molecular formula is C25H28BrN5O3. The molecule has 8 nitrogen and oxygen atoms in total. The number of halogens is 1. The molecule has 1 aliphatic heterocycles. The number of rotatable bonds is 7. The lowest BCUT2D eigenvalue weighted by Crippen LogP contribution is -2.49. The molecule has 1 fully saturated rings. The Labute approximate surface area is 207 Å². The van der Waals surface area contributed by atoms with Gasteiger partial charge in [0, 0.05) is 30.2 Å². The van der Waals surface area contributed by atoms with E-state index < -0.39 is 18.2 Å². The maximum atomic E-state index is 13.4. The highest BCUT2D eigenvalue weighted by molar-refractivity contribution is 9.10. The van der Waals surface area contributed by atoms with Crippen molar-refractivity contribution in [2.75, 3.05) is 6.54 Å². The van der Waals surface area contributed by atoms with Gasteiger partial charge in [0.05, 0.1) is 12.3 Å².